The van der Waals surface area contributed by atoms with Crippen LogP contribution in [-0.2, 0) is 0 Å². The molecular weight excluding hydrogens is 294 g/mol. The molecule has 1 amide bonds. The van der Waals surface area contributed by atoms with Crippen molar-refractivity contribution < 1.29 is 14.3 Å². The minimum Gasteiger partial charge on any atom is -0.493 e. The largest absolute Gasteiger partial charge is 0.493 e. The van der Waals surface area contributed by atoms with Gasteiger partial charge < -0.3 is 14.1 Å². The molecule has 0 atom stereocenters. The van der Waals surface area contributed by atoms with E-state index in [9.17, 15) is 9.90 Å². The summed E-state index contributed by atoms with van der Waals surface area (Å²) in [6.45, 7) is 5.62. The first-order valence-electron chi connectivity index (χ1n) is 7.32. The number of carbonyl (C=O) groups excluding carboxylic acids is 1. The van der Waals surface area contributed by atoms with Gasteiger partial charge in [0.1, 0.15) is 5.76 Å². The zero-order valence-electron chi connectivity index (χ0n) is 13.1. The van der Waals surface area contributed by atoms with Gasteiger partial charge in [-0.15, -0.1) is 10.2 Å². The Kier molecular flexibility index (Phi) is 3.73. The van der Waals surface area contributed by atoms with Crippen LogP contribution in [0.3, 0.4) is 0 Å². The number of hydrogen-bond donors (Lipinski definition) is 1. The number of aromatic nitrogens is 1. The number of aromatic hydroxyl groups is 1. The van der Waals surface area contributed by atoms with Crippen molar-refractivity contribution in [3.05, 3.63) is 47.9 Å². The van der Waals surface area contributed by atoms with Crippen LogP contribution in [0.5, 0.6) is 5.88 Å². The predicted molar refractivity (Wildman–Crippen MR) is 86.3 cm³/mol. The lowest BCUT2D eigenvalue weighted by Gasteiger charge is -2.10. The summed E-state index contributed by atoms with van der Waals surface area (Å²) in [5.74, 6) is -0.0125. The molecule has 2 heterocycles. The molecule has 0 unspecified atom stereocenters. The van der Waals surface area contributed by atoms with Crippen molar-refractivity contribution in [2.24, 2.45) is 10.2 Å². The molecule has 6 heteroatoms. The van der Waals surface area contributed by atoms with Crippen LogP contribution in [-0.4, -0.2) is 15.6 Å². The van der Waals surface area contributed by atoms with Crippen molar-refractivity contribution >= 4 is 22.5 Å². The molecule has 2 aromatic heterocycles. The van der Waals surface area contributed by atoms with Crippen molar-refractivity contribution in [1.82, 2.24) is 4.57 Å². The van der Waals surface area contributed by atoms with E-state index in [1.807, 2.05) is 38.1 Å². The van der Waals surface area contributed by atoms with Crippen molar-refractivity contribution in [3.8, 4) is 5.88 Å². The number of hydrogen-bond acceptors (Lipinski definition) is 4. The van der Waals surface area contributed by atoms with Crippen LogP contribution in [0.15, 0.2) is 51.2 Å². The number of benzene rings is 1. The van der Waals surface area contributed by atoms with Gasteiger partial charge in [0.2, 0.25) is 5.88 Å². The number of azo groups is 1. The monoisotopic (exact) mass is 311 g/mol. The number of para-hydroxylation sites is 1. The Morgan fingerprint density at radius 1 is 1.26 bits per heavy atom. The van der Waals surface area contributed by atoms with E-state index in [1.54, 1.807) is 17.6 Å². The Hall–Kier alpha value is -2.89. The van der Waals surface area contributed by atoms with E-state index < -0.39 is 5.91 Å². The fourth-order valence-corrected chi connectivity index (χ4v) is 2.61. The lowest BCUT2D eigenvalue weighted by molar-refractivity contribution is 0.0993. The molecule has 23 heavy (non-hydrogen) atoms. The zero-order valence-corrected chi connectivity index (χ0v) is 13.1. The molecule has 0 radical (unpaired) electrons. The molecule has 0 saturated carbocycles. The van der Waals surface area contributed by atoms with Gasteiger partial charge in [0, 0.05) is 11.4 Å². The molecule has 0 aliphatic rings. The average molecular weight is 311 g/mol. The van der Waals surface area contributed by atoms with E-state index >= 15 is 0 Å². The van der Waals surface area contributed by atoms with Crippen LogP contribution in [0.2, 0.25) is 0 Å². The number of furan rings is 1. The van der Waals surface area contributed by atoms with Gasteiger partial charge >= 0.3 is 0 Å². The van der Waals surface area contributed by atoms with E-state index in [-0.39, 0.29) is 11.9 Å². The van der Waals surface area contributed by atoms with Crippen LogP contribution in [0, 0.1) is 6.92 Å². The minimum absolute atomic E-state index is 0.00154. The van der Waals surface area contributed by atoms with E-state index in [0.29, 0.717) is 17.0 Å². The van der Waals surface area contributed by atoms with E-state index in [0.717, 1.165) is 10.9 Å². The van der Waals surface area contributed by atoms with E-state index in [1.165, 1.54) is 6.26 Å². The molecule has 118 valence electrons. The minimum atomic E-state index is -0.503. The first-order valence-corrected chi connectivity index (χ1v) is 7.32. The maximum absolute atomic E-state index is 12.1. The number of carbonyl (C=O) groups is 1. The Bertz CT molecular complexity index is 903. The van der Waals surface area contributed by atoms with E-state index in [2.05, 4.69) is 10.2 Å². The van der Waals surface area contributed by atoms with Crippen LogP contribution >= 0.6 is 0 Å². The summed E-state index contributed by atoms with van der Waals surface area (Å²) < 4.78 is 6.85. The maximum atomic E-state index is 12.1. The average Bonchev–Trinajstić information content (AvgIpc) is 3.05. The van der Waals surface area contributed by atoms with Crippen molar-refractivity contribution in [1.29, 1.82) is 0 Å². The summed E-state index contributed by atoms with van der Waals surface area (Å²) in [6.07, 6.45) is 1.43. The van der Waals surface area contributed by atoms with Crippen LogP contribution in [0.4, 0.5) is 5.69 Å². The van der Waals surface area contributed by atoms with Gasteiger partial charge in [-0.1, -0.05) is 18.2 Å². The third-order valence-corrected chi connectivity index (χ3v) is 3.71. The van der Waals surface area contributed by atoms with Gasteiger partial charge in [-0.3, -0.25) is 4.79 Å². The highest BCUT2D eigenvalue weighted by Crippen LogP contribution is 2.40. The highest BCUT2D eigenvalue weighted by Gasteiger charge is 2.19. The molecule has 0 fully saturated rings. The summed E-state index contributed by atoms with van der Waals surface area (Å²) in [5, 5.41) is 18.9. The summed E-state index contributed by atoms with van der Waals surface area (Å²) >= 11 is 0. The zero-order chi connectivity index (χ0) is 16.6. The summed E-state index contributed by atoms with van der Waals surface area (Å²) in [6, 6.07) is 9.09. The predicted octanol–water partition coefficient (Wildman–Crippen LogP) is 4.75. The number of nitrogens with zero attached hydrogens (tertiary/aromatic N) is 3. The van der Waals surface area contributed by atoms with Crippen LogP contribution in [0.1, 0.15) is 36.0 Å². The molecule has 1 aromatic carbocycles. The maximum Gasteiger partial charge on any atom is 0.298 e. The molecule has 0 aliphatic heterocycles. The van der Waals surface area contributed by atoms with Crippen molar-refractivity contribution in [2.75, 3.05) is 0 Å². The molecular formula is C17H17N3O3. The Labute approximate surface area is 133 Å². The highest BCUT2D eigenvalue weighted by molar-refractivity contribution is 5.97. The number of aryl methyl sites for hydroxylation is 1. The normalized spacial score (nSPS) is 11.8. The molecule has 3 aromatic rings. The van der Waals surface area contributed by atoms with Crippen LogP contribution in [0.25, 0.3) is 10.9 Å². The first kappa shape index (κ1) is 15.0. The van der Waals surface area contributed by atoms with Gasteiger partial charge in [0.05, 0.1) is 17.3 Å². The first-order chi connectivity index (χ1) is 11.0. The third-order valence-electron chi connectivity index (χ3n) is 3.71. The molecule has 3 rings (SSSR count). The molecule has 0 saturated heterocycles. The Morgan fingerprint density at radius 3 is 2.65 bits per heavy atom. The fraction of sp³-hybridized carbons (Fsp3) is 0.235. The van der Waals surface area contributed by atoms with Gasteiger partial charge in [-0.05, 0) is 32.9 Å². The lowest BCUT2D eigenvalue weighted by atomic mass is 10.2. The molecule has 0 aliphatic carbocycles. The molecule has 1 N–H and O–H groups in total. The smallest absolute Gasteiger partial charge is 0.298 e. The summed E-state index contributed by atoms with van der Waals surface area (Å²) in [5.41, 5.74) is 1.51. The van der Waals surface area contributed by atoms with Gasteiger partial charge in [-0.25, -0.2) is 0 Å². The molecule has 6 nitrogen and oxygen atoms in total. The van der Waals surface area contributed by atoms with Gasteiger partial charge in [-0.2, -0.15) is 0 Å². The fourth-order valence-electron chi connectivity index (χ4n) is 2.61. The van der Waals surface area contributed by atoms with Gasteiger partial charge in [0.15, 0.2) is 5.69 Å². The molecule has 0 spiro atoms. The topological polar surface area (TPSA) is 80.1 Å². The highest BCUT2D eigenvalue weighted by atomic mass is 16.3. The Morgan fingerprint density at radius 2 is 2.00 bits per heavy atom. The second kappa shape index (κ2) is 5.72. The van der Waals surface area contributed by atoms with Crippen molar-refractivity contribution in [2.45, 2.75) is 26.8 Å². The standard InChI is InChI=1S/C17H17N3O3/c1-10(2)20-14-7-5-4-6-13(14)15(17(20)22)18-19-16(21)12-8-9-23-11(12)3/h4-10,22H,1-3H3. The van der Waals surface area contributed by atoms with Crippen molar-refractivity contribution in [3.63, 3.8) is 0 Å². The second-order valence-corrected chi connectivity index (χ2v) is 5.55. The third kappa shape index (κ3) is 2.52. The molecule has 0 bridgehead atoms. The van der Waals surface area contributed by atoms with Gasteiger partial charge in [0.25, 0.3) is 5.91 Å². The summed E-state index contributed by atoms with van der Waals surface area (Å²) in [7, 11) is 0. The number of rotatable bonds is 3. The van der Waals surface area contributed by atoms with E-state index in [4.69, 9.17) is 4.42 Å². The number of fused-ring (bicyclic) bond motifs is 1. The SMILES string of the molecule is Cc1occc1C(=O)N=Nc1c(O)n(C(C)C)c2ccccc12. The Balaban J connectivity index is 2.07. The number of amides is 1. The second-order valence-electron chi connectivity index (χ2n) is 5.55. The lowest BCUT2D eigenvalue weighted by Crippen LogP contribution is -1.98. The van der Waals surface area contributed by atoms with Crippen LogP contribution < -0.4 is 0 Å². The summed E-state index contributed by atoms with van der Waals surface area (Å²) in [4.78, 5) is 12.1. The quantitative estimate of drug-likeness (QED) is 0.708.